The van der Waals surface area contributed by atoms with Crippen molar-refractivity contribution in [3.05, 3.63) is 47.8 Å². The number of hydrogen-bond acceptors (Lipinski definition) is 4. The molecule has 2 aromatic rings. The predicted molar refractivity (Wildman–Crippen MR) is 103 cm³/mol. The number of aromatic nitrogens is 3. The summed E-state index contributed by atoms with van der Waals surface area (Å²) in [5, 5.41) is 9.88. The van der Waals surface area contributed by atoms with Crippen LogP contribution in [0.5, 0.6) is 0 Å². The van der Waals surface area contributed by atoms with Crippen molar-refractivity contribution >= 4 is 6.03 Å². The van der Waals surface area contributed by atoms with Gasteiger partial charge in [-0.25, -0.2) is 14.2 Å². The van der Waals surface area contributed by atoms with Gasteiger partial charge in [0.1, 0.15) is 18.0 Å². The number of carbonyl (C=O) groups is 1. The molecule has 0 bridgehead atoms. The number of piperidine rings is 1. The summed E-state index contributed by atoms with van der Waals surface area (Å²) in [5.74, 6) is 1.01. The summed E-state index contributed by atoms with van der Waals surface area (Å²) in [6.45, 7) is 3.67. The van der Waals surface area contributed by atoms with Crippen LogP contribution in [0.4, 0.5) is 9.18 Å². The Morgan fingerprint density at radius 1 is 1.21 bits per heavy atom. The van der Waals surface area contributed by atoms with E-state index >= 15 is 0 Å². The van der Waals surface area contributed by atoms with Crippen LogP contribution in [0, 0.1) is 5.82 Å². The maximum absolute atomic E-state index is 14.4. The molecule has 0 spiro atoms. The van der Waals surface area contributed by atoms with E-state index in [1.165, 1.54) is 12.4 Å². The molecule has 4 rings (SSSR count). The summed E-state index contributed by atoms with van der Waals surface area (Å²) < 4.78 is 14.4. The van der Waals surface area contributed by atoms with Crippen LogP contribution in [0.2, 0.25) is 0 Å². The number of H-pyrrole nitrogens is 1. The molecule has 2 aliphatic heterocycles. The zero-order valence-corrected chi connectivity index (χ0v) is 16.0. The van der Waals surface area contributed by atoms with Crippen LogP contribution < -0.4 is 5.32 Å². The first kappa shape index (κ1) is 18.9. The Morgan fingerprint density at radius 3 is 2.64 bits per heavy atom. The summed E-state index contributed by atoms with van der Waals surface area (Å²) in [6.07, 6.45) is 5.49. The minimum atomic E-state index is -0.207. The molecule has 2 N–H and O–H groups in total. The molecule has 8 heteroatoms. The van der Waals surface area contributed by atoms with Gasteiger partial charge < -0.3 is 10.2 Å². The number of nitrogens with one attached hydrogen (secondary N) is 2. The largest absolute Gasteiger partial charge is 0.336 e. The number of amides is 2. The summed E-state index contributed by atoms with van der Waals surface area (Å²) in [6, 6.07) is 6.69. The van der Waals surface area contributed by atoms with Gasteiger partial charge in [0.15, 0.2) is 0 Å². The molecule has 28 heavy (non-hydrogen) atoms. The van der Waals surface area contributed by atoms with Gasteiger partial charge >= 0.3 is 6.03 Å². The average Bonchev–Trinajstić information content (AvgIpc) is 3.44. The average molecular weight is 386 g/mol. The molecule has 1 aromatic heterocycles. The molecule has 150 valence electrons. The molecular formula is C20H27FN6O. The molecule has 2 fully saturated rings. The Labute approximate surface area is 164 Å². The number of likely N-dealkylation sites (tertiary alicyclic amines) is 2. The van der Waals surface area contributed by atoms with E-state index in [4.69, 9.17) is 0 Å². The van der Waals surface area contributed by atoms with Crippen molar-refractivity contribution in [1.82, 2.24) is 30.3 Å². The minimum Gasteiger partial charge on any atom is -0.336 e. The molecule has 1 aromatic carbocycles. The van der Waals surface area contributed by atoms with Gasteiger partial charge in [0.2, 0.25) is 0 Å². The Morgan fingerprint density at radius 2 is 1.96 bits per heavy atom. The van der Waals surface area contributed by atoms with Crippen molar-refractivity contribution in [3.8, 4) is 0 Å². The van der Waals surface area contributed by atoms with E-state index in [0.29, 0.717) is 31.1 Å². The molecule has 7 nitrogen and oxygen atoms in total. The van der Waals surface area contributed by atoms with Crippen LogP contribution >= 0.6 is 0 Å². The second-order valence-electron chi connectivity index (χ2n) is 7.60. The van der Waals surface area contributed by atoms with Crippen molar-refractivity contribution in [1.29, 1.82) is 0 Å². The lowest BCUT2D eigenvalue weighted by Gasteiger charge is -2.33. The summed E-state index contributed by atoms with van der Waals surface area (Å²) in [4.78, 5) is 21.0. The maximum atomic E-state index is 14.4. The Kier molecular flexibility index (Phi) is 5.85. The van der Waals surface area contributed by atoms with Gasteiger partial charge in [0, 0.05) is 31.1 Å². The molecule has 0 radical (unpaired) electrons. The first-order chi connectivity index (χ1) is 13.7. The van der Waals surface area contributed by atoms with E-state index in [9.17, 15) is 9.18 Å². The van der Waals surface area contributed by atoms with Gasteiger partial charge in [-0.2, -0.15) is 5.10 Å². The molecule has 0 saturated carbocycles. The normalized spacial score (nSPS) is 19.7. The van der Waals surface area contributed by atoms with Gasteiger partial charge in [-0.1, -0.05) is 18.2 Å². The lowest BCUT2D eigenvalue weighted by molar-refractivity contribution is 0.172. The number of aromatic amines is 1. The van der Waals surface area contributed by atoms with Crippen molar-refractivity contribution in [2.24, 2.45) is 0 Å². The Hall–Kier alpha value is -2.48. The van der Waals surface area contributed by atoms with Crippen molar-refractivity contribution in [2.45, 2.75) is 37.6 Å². The highest BCUT2D eigenvalue weighted by atomic mass is 19.1. The third-order valence-corrected chi connectivity index (χ3v) is 5.89. The SMILES string of the molecule is O=C(NC[C@H](c1ccccc1F)N1CCCC1)N1CCC(c2ncn[nH]2)CC1. The zero-order valence-electron chi connectivity index (χ0n) is 16.0. The fourth-order valence-electron chi connectivity index (χ4n) is 4.30. The van der Waals surface area contributed by atoms with Gasteiger partial charge in [-0.15, -0.1) is 0 Å². The van der Waals surface area contributed by atoms with Crippen LogP contribution in [-0.2, 0) is 0 Å². The summed E-state index contributed by atoms with van der Waals surface area (Å²) in [7, 11) is 0. The molecule has 2 amide bonds. The number of carbonyl (C=O) groups excluding carboxylic acids is 1. The number of halogens is 1. The first-order valence-electron chi connectivity index (χ1n) is 10.1. The third kappa shape index (κ3) is 4.16. The predicted octanol–water partition coefficient (Wildman–Crippen LogP) is 2.67. The minimum absolute atomic E-state index is 0.0726. The molecule has 0 aliphatic carbocycles. The summed E-state index contributed by atoms with van der Waals surface area (Å²) >= 11 is 0. The molecule has 3 heterocycles. The molecule has 2 aliphatic rings. The fraction of sp³-hybridized carbons (Fsp3) is 0.550. The summed E-state index contributed by atoms with van der Waals surface area (Å²) in [5.41, 5.74) is 0.661. The smallest absolute Gasteiger partial charge is 0.317 e. The number of rotatable bonds is 5. The van der Waals surface area contributed by atoms with Gasteiger partial charge in [0.05, 0.1) is 6.04 Å². The lowest BCUT2D eigenvalue weighted by atomic mass is 9.96. The highest BCUT2D eigenvalue weighted by Gasteiger charge is 2.28. The Balaban J connectivity index is 1.35. The molecule has 0 unspecified atom stereocenters. The van der Waals surface area contributed by atoms with E-state index < -0.39 is 0 Å². The fourth-order valence-corrected chi connectivity index (χ4v) is 4.30. The van der Waals surface area contributed by atoms with Gasteiger partial charge in [-0.05, 0) is 44.8 Å². The van der Waals surface area contributed by atoms with Crippen molar-refractivity contribution < 1.29 is 9.18 Å². The topological polar surface area (TPSA) is 77.2 Å². The zero-order chi connectivity index (χ0) is 19.3. The highest BCUT2D eigenvalue weighted by molar-refractivity contribution is 5.74. The quantitative estimate of drug-likeness (QED) is 0.828. The standard InChI is InChI=1S/C20H27FN6O/c21-17-6-2-1-5-16(17)18(26-9-3-4-10-26)13-22-20(28)27-11-7-15(8-12-27)19-23-14-24-25-19/h1-2,5-6,14-15,18H,3-4,7-13H2,(H,22,28)(H,23,24,25)/t18-/m1/s1. The second kappa shape index (κ2) is 8.68. The van der Waals surface area contributed by atoms with Crippen LogP contribution in [0.25, 0.3) is 0 Å². The van der Waals surface area contributed by atoms with E-state index in [-0.39, 0.29) is 17.9 Å². The monoisotopic (exact) mass is 386 g/mol. The number of hydrogen-bond donors (Lipinski definition) is 2. The van der Waals surface area contributed by atoms with Gasteiger partial charge in [0.25, 0.3) is 0 Å². The number of urea groups is 1. The number of nitrogens with zero attached hydrogens (tertiary/aromatic N) is 4. The van der Waals surface area contributed by atoms with E-state index in [1.54, 1.807) is 6.07 Å². The highest BCUT2D eigenvalue weighted by Crippen LogP contribution is 2.27. The van der Waals surface area contributed by atoms with Crippen molar-refractivity contribution in [2.75, 3.05) is 32.7 Å². The second-order valence-corrected chi connectivity index (χ2v) is 7.60. The number of benzene rings is 1. The third-order valence-electron chi connectivity index (χ3n) is 5.89. The van der Waals surface area contributed by atoms with Crippen LogP contribution in [-0.4, -0.2) is 63.7 Å². The molecular weight excluding hydrogens is 359 g/mol. The van der Waals surface area contributed by atoms with Gasteiger partial charge in [-0.3, -0.25) is 10.00 Å². The van der Waals surface area contributed by atoms with Crippen LogP contribution in [0.15, 0.2) is 30.6 Å². The Bertz CT molecular complexity index is 769. The maximum Gasteiger partial charge on any atom is 0.317 e. The first-order valence-corrected chi connectivity index (χ1v) is 10.1. The van der Waals surface area contributed by atoms with Crippen LogP contribution in [0.1, 0.15) is 49.0 Å². The van der Waals surface area contributed by atoms with Crippen LogP contribution in [0.3, 0.4) is 0 Å². The lowest BCUT2D eigenvalue weighted by Crippen LogP contribution is -2.46. The van der Waals surface area contributed by atoms with E-state index in [0.717, 1.165) is 44.6 Å². The molecule has 1 atom stereocenters. The molecule has 2 saturated heterocycles. The van der Waals surface area contributed by atoms with Crippen molar-refractivity contribution in [3.63, 3.8) is 0 Å². The van der Waals surface area contributed by atoms with E-state index in [2.05, 4.69) is 25.4 Å². The van der Waals surface area contributed by atoms with E-state index in [1.807, 2.05) is 17.0 Å².